The van der Waals surface area contributed by atoms with Crippen molar-refractivity contribution in [1.82, 2.24) is 0 Å². The lowest BCUT2D eigenvalue weighted by molar-refractivity contribution is 0.212. The zero-order chi connectivity index (χ0) is 13.6. The molecule has 0 amide bonds. The number of sulfone groups is 1. The van der Waals surface area contributed by atoms with Gasteiger partial charge >= 0.3 is 0 Å². The summed E-state index contributed by atoms with van der Waals surface area (Å²) in [5.41, 5.74) is 5.73. The number of rotatable bonds is 4. The maximum absolute atomic E-state index is 11.8. The Balaban J connectivity index is 2.45. The fraction of sp³-hybridized carbons (Fsp3) is 0.500. The molecule has 0 aliphatic heterocycles. The van der Waals surface area contributed by atoms with Crippen LogP contribution in [0.25, 0.3) is 0 Å². The van der Waals surface area contributed by atoms with E-state index in [9.17, 15) is 13.5 Å². The van der Waals surface area contributed by atoms with Crippen LogP contribution in [-0.2, 0) is 9.84 Å². The second-order valence-corrected chi connectivity index (χ2v) is 7.48. The van der Waals surface area contributed by atoms with Gasteiger partial charge in [0.05, 0.1) is 11.9 Å². The Morgan fingerprint density at radius 3 is 2.56 bits per heavy atom. The number of aliphatic hydroxyl groups excluding tert-OH is 1. The van der Waals surface area contributed by atoms with Crippen molar-refractivity contribution >= 4 is 21.4 Å². The van der Waals surface area contributed by atoms with Gasteiger partial charge in [-0.1, -0.05) is 23.7 Å². The van der Waals surface area contributed by atoms with E-state index in [1.807, 2.05) is 6.07 Å². The Morgan fingerprint density at radius 1 is 1.50 bits per heavy atom. The topological polar surface area (TPSA) is 80.4 Å². The van der Waals surface area contributed by atoms with Crippen molar-refractivity contribution in [3.8, 4) is 0 Å². The monoisotopic (exact) mass is 289 g/mol. The van der Waals surface area contributed by atoms with Crippen LogP contribution in [-0.4, -0.2) is 38.2 Å². The lowest BCUT2D eigenvalue weighted by atomic mass is 10.0. The van der Waals surface area contributed by atoms with Crippen molar-refractivity contribution in [3.05, 3.63) is 34.9 Å². The average molecular weight is 290 g/mol. The molecule has 0 radical (unpaired) electrons. The highest BCUT2D eigenvalue weighted by molar-refractivity contribution is 7.91. The van der Waals surface area contributed by atoms with Crippen molar-refractivity contribution < 1.29 is 13.5 Å². The molecule has 1 aromatic rings. The van der Waals surface area contributed by atoms with E-state index in [1.54, 1.807) is 18.2 Å². The van der Waals surface area contributed by atoms with E-state index < -0.39 is 20.5 Å². The van der Waals surface area contributed by atoms with Crippen LogP contribution in [0.15, 0.2) is 24.3 Å². The smallest absolute Gasteiger partial charge is 0.151 e. The van der Waals surface area contributed by atoms with Gasteiger partial charge in [0.25, 0.3) is 0 Å². The third-order valence-electron chi connectivity index (χ3n) is 3.72. The molecular formula is C12H16ClNO3S. The molecule has 100 valence electrons. The van der Waals surface area contributed by atoms with Gasteiger partial charge in [0.2, 0.25) is 0 Å². The minimum absolute atomic E-state index is 0.137. The lowest BCUT2D eigenvalue weighted by Gasteiger charge is -2.11. The van der Waals surface area contributed by atoms with E-state index in [2.05, 4.69) is 0 Å². The molecule has 0 unspecified atom stereocenters. The van der Waals surface area contributed by atoms with Crippen molar-refractivity contribution in [2.75, 3.05) is 19.4 Å². The standard InChI is InChI=1S/C12H16ClNO3S/c1-18(16,17)11-10(12(11,6-14)7-15)8-3-2-4-9(13)5-8/h2-5,10-11,15H,6-7,14H2,1H3/t10-,11+,12-/m0/s1. The third-order valence-corrected chi connectivity index (χ3v) is 5.62. The molecule has 2 rings (SSSR count). The first-order valence-electron chi connectivity index (χ1n) is 5.62. The highest BCUT2D eigenvalue weighted by Gasteiger charge is 2.68. The summed E-state index contributed by atoms with van der Waals surface area (Å²) in [7, 11) is -3.25. The Bertz CT molecular complexity index is 554. The Morgan fingerprint density at radius 2 is 2.17 bits per heavy atom. The molecule has 4 nitrogen and oxygen atoms in total. The van der Waals surface area contributed by atoms with Gasteiger partial charge in [-0.05, 0) is 17.7 Å². The van der Waals surface area contributed by atoms with E-state index in [-0.39, 0.29) is 19.1 Å². The fourth-order valence-corrected chi connectivity index (χ4v) is 5.04. The van der Waals surface area contributed by atoms with E-state index in [1.165, 1.54) is 6.26 Å². The van der Waals surface area contributed by atoms with Gasteiger partial charge in [0, 0.05) is 29.2 Å². The highest BCUT2D eigenvalue weighted by atomic mass is 35.5. The summed E-state index contributed by atoms with van der Waals surface area (Å²) >= 11 is 5.91. The molecular weight excluding hydrogens is 274 g/mol. The molecule has 1 aliphatic rings. The second-order valence-electron chi connectivity index (χ2n) is 4.88. The summed E-state index contributed by atoms with van der Waals surface area (Å²) in [5.74, 6) is -0.277. The maximum atomic E-state index is 11.8. The molecule has 0 saturated heterocycles. The molecule has 18 heavy (non-hydrogen) atoms. The van der Waals surface area contributed by atoms with Gasteiger partial charge in [-0.25, -0.2) is 8.42 Å². The highest BCUT2D eigenvalue weighted by Crippen LogP contribution is 2.62. The van der Waals surface area contributed by atoms with Gasteiger partial charge in [0.15, 0.2) is 9.84 Å². The summed E-state index contributed by atoms with van der Waals surface area (Å²) in [4.78, 5) is 0. The zero-order valence-corrected chi connectivity index (χ0v) is 11.6. The number of hydrogen-bond donors (Lipinski definition) is 2. The first-order valence-corrected chi connectivity index (χ1v) is 7.95. The number of halogens is 1. The molecule has 0 bridgehead atoms. The van der Waals surface area contributed by atoms with Crippen molar-refractivity contribution in [1.29, 1.82) is 0 Å². The number of aliphatic hydroxyl groups is 1. The van der Waals surface area contributed by atoms with Gasteiger partial charge in [-0.3, -0.25) is 0 Å². The van der Waals surface area contributed by atoms with Gasteiger partial charge < -0.3 is 10.8 Å². The first-order chi connectivity index (χ1) is 8.36. The summed E-state index contributed by atoms with van der Waals surface area (Å²) < 4.78 is 23.6. The minimum atomic E-state index is -3.25. The first kappa shape index (κ1) is 13.8. The Kier molecular flexibility index (Phi) is 3.44. The molecule has 1 aromatic carbocycles. The Hall–Kier alpha value is -0.620. The largest absolute Gasteiger partial charge is 0.396 e. The van der Waals surface area contributed by atoms with Crippen LogP contribution in [0.3, 0.4) is 0 Å². The van der Waals surface area contributed by atoms with E-state index in [0.29, 0.717) is 5.02 Å². The molecule has 1 saturated carbocycles. The van der Waals surface area contributed by atoms with Crippen LogP contribution in [0, 0.1) is 5.41 Å². The van der Waals surface area contributed by atoms with Crippen LogP contribution >= 0.6 is 11.6 Å². The van der Waals surface area contributed by atoms with Crippen LogP contribution < -0.4 is 5.73 Å². The molecule has 0 spiro atoms. The molecule has 1 fully saturated rings. The molecule has 0 aromatic heterocycles. The number of hydrogen-bond acceptors (Lipinski definition) is 4. The Labute approximate surface area is 112 Å². The van der Waals surface area contributed by atoms with Gasteiger partial charge in [0.1, 0.15) is 0 Å². The minimum Gasteiger partial charge on any atom is -0.396 e. The maximum Gasteiger partial charge on any atom is 0.151 e. The van der Waals surface area contributed by atoms with E-state index in [0.717, 1.165) is 5.56 Å². The summed E-state index contributed by atoms with van der Waals surface area (Å²) in [6, 6.07) is 7.05. The van der Waals surface area contributed by atoms with Crippen molar-refractivity contribution in [3.63, 3.8) is 0 Å². The van der Waals surface area contributed by atoms with Crippen LogP contribution in [0.5, 0.6) is 0 Å². The van der Waals surface area contributed by atoms with Crippen LogP contribution in [0.2, 0.25) is 5.02 Å². The number of nitrogens with two attached hydrogens (primary N) is 1. The molecule has 6 heteroatoms. The van der Waals surface area contributed by atoms with E-state index in [4.69, 9.17) is 17.3 Å². The van der Waals surface area contributed by atoms with E-state index >= 15 is 0 Å². The molecule has 3 atom stereocenters. The van der Waals surface area contributed by atoms with Gasteiger partial charge in [-0.2, -0.15) is 0 Å². The van der Waals surface area contributed by atoms with Crippen molar-refractivity contribution in [2.24, 2.45) is 11.1 Å². The predicted molar refractivity (Wildman–Crippen MR) is 71.4 cm³/mol. The normalized spacial score (nSPS) is 31.3. The average Bonchev–Trinajstić information content (AvgIpc) is 2.98. The summed E-state index contributed by atoms with van der Waals surface area (Å²) in [5, 5.41) is 9.44. The zero-order valence-electron chi connectivity index (χ0n) is 10.0. The molecule has 1 aliphatic carbocycles. The quantitative estimate of drug-likeness (QED) is 0.859. The molecule has 0 heterocycles. The fourth-order valence-electron chi connectivity index (χ4n) is 2.83. The second kappa shape index (κ2) is 4.49. The SMILES string of the molecule is CS(=O)(=O)[C@@H]1[C@H](c2cccc(Cl)c2)[C@]1(CN)CO. The van der Waals surface area contributed by atoms with Crippen molar-refractivity contribution in [2.45, 2.75) is 11.2 Å². The third kappa shape index (κ3) is 2.05. The van der Waals surface area contributed by atoms with Crippen LogP contribution in [0.4, 0.5) is 0 Å². The van der Waals surface area contributed by atoms with Crippen LogP contribution in [0.1, 0.15) is 11.5 Å². The lowest BCUT2D eigenvalue weighted by Crippen LogP contribution is -2.27. The van der Waals surface area contributed by atoms with Gasteiger partial charge in [-0.15, -0.1) is 0 Å². The predicted octanol–water partition coefficient (Wildman–Crippen LogP) is 0.788. The molecule has 3 N–H and O–H groups in total. The summed E-state index contributed by atoms with van der Waals surface area (Å²) in [6.45, 7) is -0.100. The summed E-state index contributed by atoms with van der Waals surface area (Å²) in [6.07, 6.45) is 1.18. The number of benzene rings is 1.